The zero-order chi connectivity index (χ0) is 20.2. The lowest BCUT2D eigenvalue weighted by Crippen LogP contribution is -2.37. The van der Waals surface area contributed by atoms with Crippen molar-refractivity contribution in [1.29, 1.82) is 0 Å². The summed E-state index contributed by atoms with van der Waals surface area (Å²) in [5.41, 5.74) is 3.17. The minimum atomic E-state index is -0.567. The number of carbonyl (C=O) groups excluding carboxylic acids is 1. The van der Waals surface area contributed by atoms with Crippen molar-refractivity contribution in [1.82, 2.24) is 0 Å². The van der Waals surface area contributed by atoms with E-state index in [0.29, 0.717) is 18.0 Å². The lowest BCUT2D eigenvalue weighted by molar-refractivity contribution is -0.683. The zero-order valence-electron chi connectivity index (χ0n) is 15.9. The third-order valence-corrected chi connectivity index (χ3v) is 4.55. The molecule has 4 rings (SSSR count). The number of ether oxygens (including phenoxy) is 1. The largest absolute Gasteiger partial charge is 0.473 e. The van der Waals surface area contributed by atoms with E-state index in [4.69, 9.17) is 9.15 Å². The number of oxazole rings is 1. The van der Waals surface area contributed by atoms with E-state index in [1.807, 2.05) is 79.7 Å². The monoisotopic (exact) mass is 386 g/mol. The standard InChI is InChI=1S/C24H19NO4/c1-17-12-14-20(15-13-17)23(26)29-22-24(27)28-21(19-10-6-3-7-11-19)25(22)16-18-8-4-2-5-9-18/h2-15H,16H2,1H3/p+1. The molecule has 0 atom stereocenters. The van der Waals surface area contributed by atoms with Gasteiger partial charge in [0.1, 0.15) is 0 Å². The predicted molar refractivity (Wildman–Crippen MR) is 108 cm³/mol. The normalized spacial score (nSPS) is 10.7. The van der Waals surface area contributed by atoms with Gasteiger partial charge in [-0.25, -0.2) is 4.79 Å². The second kappa shape index (κ2) is 8.02. The van der Waals surface area contributed by atoms with Crippen molar-refractivity contribution in [3.05, 3.63) is 102 Å². The van der Waals surface area contributed by atoms with E-state index < -0.39 is 11.9 Å². The van der Waals surface area contributed by atoms with Gasteiger partial charge in [-0.3, -0.25) is 0 Å². The average Bonchev–Trinajstić information content (AvgIpc) is 3.05. The minimum absolute atomic E-state index is 0.0294. The molecule has 5 heteroatoms. The van der Waals surface area contributed by atoms with Crippen LogP contribution in [0.4, 0.5) is 0 Å². The van der Waals surface area contributed by atoms with Crippen molar-refractivity contribution in [3.63, 3.8) is 0 Å². The fourth-order valence-electron chi connectivity index (χ4n) is 3.04. The van der Waals surface area contributed by atoms with Crippen LogP contribution in [0.15, 0.2) is 89.3 Å². The third-order valence-electron chi connectivity index (χ3n) is 4.55. The molecular formula is C24H20NO4+. The van der Waals surface area contributed by atoms with E-state index in [-0.39, 0.29) is 5.88 Å². The molecule has 0 saturated heterocycles. The molecule has 0 aliphatic carbocycles. The van der Waals surface area contributed by atoms with Gasteiger partial charge in [0, 0.05) is 5.56 Å². The molecular weight excluding hydrogens is 366 g/mol. The summed E-state index contributed by atoms with van der Waals surface area (Å²) < 4.78 is 12.8. The first-order valence-electron chi connectivity index (χ1n) is 9.25. The highest BCUT2D eigenvalue weighted by Crippen LogP contribution is 2.31. The maximum atomic E-state index is 12.6. The number of rotatable bonds is 5. The van der Waals surface area contributed by atoms with Crippen molar-refractivity contribution in [2.75, 3.05) is 0 Å². The quantitative estimate of drug-likeness (QED) is 0.405. The summed E-state index contributed by atoms with van der Waals surface area (Å²) in [5, 5.41) is 10.4. The fourth-order valence-corrected chi connectivity index (χ4v) is 3.04. The molecule has 1 N–H and O–H groups in total. The fraction of sp³-hybridized carbons (Fsp3) is 0.0833. The average molecular weight is 386 g/mol. The van der Waals surface area contributed by atoms with Gasteiger partial charge >= 0.3 is 23.7 Å². The van der Waals surface area contributed by atoms with Crippen molar-refractivity contribution >= 4 is 5.97 Å². The molecule has 5 nitrogen and oxygen atoms in total. The molecule has 0 aliphatic rings. The predicted octanol–water partition coefficient (Wildman–Crippen LogP) is 4.52. The Balaban J connectivity index is 1.75. The van der Waals surface area contributed by atoms with Crippen LogP contribution in [-0.4, -0.2) is 11.1 Å². The van der Waals surface area contributed by atoms with E-state index in [1.54, 1.807) is 16.7 Å². The van der Waals surface area contributed by atoms with Crippen LogP contribution in [0.3, 0.4) is 0 Å². The number of carbonyl (C=O) groups is 1. The Bertz CT molecular complexity index is 1120. The van der Waals surface area contributed by atoms with E-state index >= 15 is 0 Å². The maximum Gasteiger partial charge on any atom is 0.463 e. The molecule has 1 heterocycles. The lowest BCUT2D eigenvalue weighted by atomic mass is 10.1. The highest BCUT2D eigenvalue weighted by Gasteiger charge is 2.34. The Morgan fingerprint density at radius 3 is 2.21 bits per heavy atom. The molecule has 0 spiro atoms. The SMILES string of the molecule is Cc1ccc(C(=O)Oc2c(O)oc(-c3ccccc3)[n+]2Cc2ccccc2)cc1. The highest BCUT2D eigenvalue weighted by atomic mass is 16.6. The Hall–Kier alpha value is -3.86. The summed E-state index contributed by atoms with van der Waals surface area (Å²) in [4.78, 5) is 12.6. The van der Waals surface area contributed by atoms with Crippen LogP contribution >= 0.6 is 0 Å². The summed E-state index contributed by atoms with van der Waals surface area (Å²) >= 11 is 0. The molecule has 0 unspecified atom stereocenters. The van der Waals surface area contributed by atoms with Gasteiger partial charge in [-0.15, -0.1) is 4.57 Å². The molecule has 0 amide bonds. The molecule has 1 aromatic heterocycles. The van der Waals surface area contributed by atoms with Gasteiger partial charge in [0.2, 0.25) is 0 Å². The number of aromatic hydroxyl groups is 1. The van der Waals surface area contributed by atoms with Gasteiger partial charge in [-0.1, -0.05) is 66.2 Å². The van der Waals surface area contributed by atoms with Gasteiger partial charge in [0.25, 0.3) is 0 Å². The van der Waals surface area contributed by atoms with E-state index in [2.05, 4.69) is 0 Å². The molecule has 144 valence electrons. The van der Waals surface area contributed by atoms with Gasteiger partial charge < -0.3 is 14.3 Å². The van der Waals surface area contributed by atoms with Gasteiger partial charge in [0.05, 0.1) is 11.1 Å². The van der Waals surface area contributed by atoms with Crippen LogP contribution in [0.5, 0.6) is 11.8 Å². The molecule has 0 fully saturated rings. The number of nitrogens with zero attached hydrogens (tertiary/aromatic N) is 1. The smallest absolute Gasteiger partial charge is 0.463 e. The summed E-state index contributed by atoms with van der Waals surface area (Å²) in [7, 11) is 0. The van der Waals surface area contributed by atoms with Crippen LogP contribution in [0.2, 0.25) is 0 Å². The Morgan fingerprint density at radius 2 is 1.55 bits per heavy atom. The van der Waals surface area contributed by atoms with Gasteiger partial charge in [-0.2, -0.15) is 0 Å². The number of aryl methyl sites for hydroxylation is 1. The number of benzene rings is 3. The Morgan fingerprint density at radius 1 is 0.931 bits per heavy atom. The zero-order valence-corrected chi connectivity index (χ0v) is 15.9. The summed E-state index contributed by atoms with van der Waals surface area (Å²) in [6.45, 7) is 2.31. The maximum absolute atomic E-state index is 12.6. The van der Waals surface area contributed by atoms with Crippen LogP contribution in [0.25, 0.3) is 11.5 Å². The molecule has 3 aromatic carbocycles. The molecule has 0 radical (unpaired) electrons. The lowest BCUT2D eigenvalue weighted by Gasteiger charge is -2.03. The van der Waals surface area contributed by atoms with E-state index in [1.165, 1.54) is 0 Å². The van der Waals surface area contributed by atoms with Crippen molar-refractivity contribution in [3.8, 4) is 23.3 Å². The van der Waals surface area contributed by atoms with Gasteiger partial charge in [0.15, 0.2) is 6.54 Å². The number of aromatic nitrogens is 1. The third kappa shape index (κ3) is 4.04. The number of hydrogen-bond acceptors (Lipinski definition) is 4. The van der Waals surface area contributed by atoms with E-state index in [9.17, 15) is 9.90 Å². The number of hydrogen-bond donors (Lipinski definition) is 1. The summed E-state index contributed by atoms with van der Waals surface area (Å²) in [5.74, 6) is -0.639. The number of esters is 1. The first kappa shape index (κ1) is 18.5. The van der Waals surface area contributed by atoms with Crippen LogP contribution < -0.4 is 9.30 Å². The molecule has 0 bridgehead atoms. The Labute approximate surface area is 168 Å². The van der Waals surface area contributed by atoms with Gasteiger partial charge in [-0.05, 0) is 31.2 Å². The Kier molecular flexibility index (Phi) is 5.12. The molecule has 0 saturated carbocycles. The summed E-state index contributed by atoms with van der Waals surface area (Å²) in [6.07, 6.45) is 0. The van der Waals surface area contributed by atoms with E-state index in [0.717, 1.165) is 16.7 Å². The minimum Gasteiger partial charge on any atom is -0.473 e. The first-order chi connectivity index (χ1) is 14.1. The topological polar surface area (TPSA) is 63.6 Å². The van der Waals surface area contributed by atoms with Crippen LogP contribution in [0.1, 0.15) is 21.5 Å². The molecule has 29 heavy (non-hydrogen) atoms. The first-order valence-corrected chi connectivity index (χ1v) is 9.25. The van der Waals surface area contributed by atoms with Crippen LogP contribution in [-0.2, 0) is 6.54 Å². The molecule has 4 aromatic rings. The summed E-state index contributed by atoms with van der Waals surface area (Å²) in [6, 6.07) is 26.1. The van der Waals surface area contributed by atoms with Crippen molar-refractivity contribution in [2.45, 2.75) is 13.5 Å². The molecule has 0 aliphatic heterocycles. The second-order valence-corrected chi connectivity index (χ2v) is 6.71. The highest BCUT2D eigenvalue weighted by molar-refractivity contribution is 5.90. The van der Waals surface area contributed by atoms with Crippen molar-refractivity contribution < 1.29 is 23.6 Å². The second-order valence-electron chi connectivity index (χ2n) is 6.71. The van der Waals surface area contributed by atoms with Crippen molar-refractivity contribution in [2.24, 2.45) is 0 Å². The van der Waals surface area contributed by atoms with Crippen LogP contribution in [0, 0.1) is 6.92 Å².